The molecular formula is C17H25ClN2O2. The van der Waals surface area contributed by atoms with Crippen molar-refractivity contribution >= 4 is 23.2 Å². The summed E-state index contributed by atoms with van der Waals surface area (Å²) >= 11 is 6.09. The van der Waals surface area contributed by atoms with Crippen LogP contribution < -0.4 is 10.1 Å². The molecule has 5 heteroatoms. The number of rotatable bonds is 4. The van der Waals surface area contributed by atoms with Gasteiger partial charge in [0.05, 0.1) is 18.2 Å². The first-order valence-corrected chi connectivity index (χ1v) is 8.17. The Kier molecular flexibility index (Phi) is 5.70. The van der Waals surface area contributed by atoms with E-state index in [0.29, 0.717) is 28.3 Å². The number of benzene rings is 1. The number of likely N-dealkylation sites (tertiary alicyclic amines) is 1. The van der Waals surface area contributed by atoms with Crippen LogP contribution in [-0.2, 0) is 4.79 Å². The molecule has 0 aliphatic carbocycles. The quantitative estimate of drug-likeness (QED) is 0.919. The highest BCUT2D eigenvalue weighted by molar-refractivity contribution is 6.32. The highest BCUT2D eigenvalue weighted by Gasteiger charge is 2.28. The summed E-state index contributed by atoms with van der Waals surface area (Å²) in [6.07, 6.45) is 1.24. The first-order chi connectivity index (χ1) is 10.4. The summed E-state index contributed by atoms with van der Waals surface area (Å²) < 4.78 is 5.12. The fourth-order valence-electron chi connectivity index (χ4n) is 3.18. The first kappa shape index (κ1) is 17.1. The Bertz CT molecular complexity index is 525. The molecule has 3 atom stereocenters. The number of ether oxygens (including phenoxy) is 1. The number of nitrogens with one attached hydrogen (secondary N) is 1. The van der Waals surface area contributed by atoms with Crippen molar-refractivity contribution in [1.29, 1.82) is 0 Å². The molecule has 3 unspecified atom stereocenters. The minimum Gasteiger partial charge on any atom is -0.495 e. The number of anilines is 1. The van der Waals surface area contributed by atoms with E-state index in [9.17, 15) is 4.79 Å². The Morgan fingerprint density at radius 1 is 1.36 bits per heavy atom. The van der Waals surface area contributed by atoms with E-state index < -0.39 is 0 Å². The van der Waals surface area contributed by atoms with Gasteiger partial charge in [-0.25, -0.2) is 0 Å². The molecule has 1 heterocycles. The normalized spacial score (nSPS) is 23.9. The van der Waals surface area contributed by atoms with Crippen molar-refractivity contribution in [2.75, 3.05) is 25.5 Å². The van der Waals surface area contributed by atoms with Crippen LogP contribution >= 0.6 is 11.6 Å². The van der Waals surface area contributed by atoms with Crippen LogP contribution in [0.1, 0.15) is 27.2 Å². The zero-order valence-corrected chi connectivity index (χ0v) is 14.5. The van der Waals surface area contributed by atoms with E-state index in [4.69, 9.17) is 16.3 Å². The molecule has 1 N–H and O–H groups in total. The highest BCUT2D eigenvalue weighted by atomic mass is 35.5. The molecule has 1 fully saturated rings. The van der Waals surface area contributed by atoms with E-state index in [0.717, 1.165) is 13.1 Å². The third-order valence-corrected chi connectivity index (χ3v) is 4.54. The predicted molar refractivity (Wildman–Crippen MR) is 90.6 cm³/mol. The van der Waals surface area contributed by atoms with Crippen molar-refractivity contribution in [3.05, 3.63) is 23.2 Å². The lowest BCUT2D eigenvalue weighted by molar-refractivity contribution is -0.121. The molecule has 0 bridgehead atoms. The monoisotopic (exact) mass is 324 g/mol. The third kappa shape index (κ3) is 4.14. The van der Waals surface area contributed by atoms with Crippen molar-refractivity contribution in [1.82, 2.24) is 4.90 Å². The molecule has 1 aromatic rings. The van der Waals surface area contributed by atoms with Gasteiger partial charge in [-0.15, -0.1) is 0 Å². The van der Waals surface area contributed by atoms with E-state index >= 15 is 0 Å². The maximum atomic E-state index is 12.5. The Balaban J connectivity index is 2.00. The molecule has 0 radical (unpaired) electrons. The van der Waals surface area contributed by atoms with Gasteiger partial charge < -0.3 is 10.1 Å². The van der Waals surface area contributed by atoms with Gasteiger partial charge in [0.2, 0.25) is 5.91 Å². The van der Waals surface area contributed by atoms with Gasteiger partial charge in [-0.05, 0) is 43.4 Å². The average Bonchev–Trinajstić information content (AvgIpc) is 2.45. The van der Waals surface area contributed by atoms with Crippen molar-refractivity contribution in [2.45, 2.75) is 33.2 Å². The molecule has 1 aromatic carbocycles. The molecule has 2 rings (SSSR count). The summed E-state index contributed by atoms with van der Waals surface area (Å²) in [6.45, 7) is 8.41. The summed E-state index contributed by atoms with van der Waals surface area (Å²) in [5.41, 5.74) is 0.695. The molecule has 1 aliphatic rings. The van der Waals surface area contributed by atoms with Crippen LogP contribution in [0.15, 0.2) is 18.2 Å². The smallest absolute Gasteiger partial charge is 0.241 e. The zero-order valence-electron chi connectivity index (χ0n) is 13.7. The van der Waals surface area contributed by atoms with Crippen LogP contribution in [0.4, 0.5) is 5.69 Å². The Morgan fingerprint density at radius 3 is 2.55 bits per heavy atom. The van der Waals surface area contributed by atoms with Gasteiger partial charge in [-0.2, -0.15) is 0 Å². The van der Waals surface area contributed by atoms with Crippen molar-refractivity contribution in [2.24, 2.45) is 11.8 Å². The van der Waals surface area contributed by atoms with Crippen LogP contribution in [0.3, 0.4) is 0 Å². The number of hydrogen-bond donors (Lipinski definition) is 1. The van der Waals surface area contributed by atoms with Crippen molar-refractivity contribution < 1.29 is 9.53 Å². The second kappa shape index (κ2) is 7.34. The lowest BCUT2D eigenvalue weighted by Crippen LogP contribution is -2.48. The van der Waals surface area contributed by atoms with Gasteiger partial charge in [0.15, 0.2) is 0 Å². The molecule has 0 saturated carbocycles. The lowest BCUT2D eigenvalue weighted by atomic mass is 9.91. The Hall–Kier alpha value is -1.26. The molecule has 122 valence electrons. The van der Waals surface area contributed by atoms with Crippen LogP contribution in [-0.4, -0.2) is 37.0 Å². The second-order valence-corrected chi connectivity index (χ2v) is 6.82. The molecule has 1 aliphatic heterocycles. The fourth-order valence-corrected chi connectivity index (χ4v) is 3.44. The minimum absolute atomic E-state index is 0.00235. The first-order valence-electron chi connectivity index (χ1n) is 7.79. The number of methoxy groups -OCH3 is 1. The fraction of sp³-hybridized carbons (Fsp3) is 0.588. The minimum atomic E-state index is -0.147. The number of carbonyl (C=O) groups excluding carboxylic acids is 1. The standard InChI is InChI=1S/C17H25ClN2O2/c1-11-7-12(2)10-20(9-11)13(3)17(21)19-14-5-6-16(22-4)15(18)8-14/h5-6,8,11-13H,7,9-10H2,1-4H3,(H,19,21). The number of carbonyl (C=O) groups is 1. The number of amides is 1. The summed E-state index contributed by atoms with van der Waals surface area (Å²) in [5.74, 6) is 1.87. The SMILES string of the molecule is COc1ccc(NC(=O)C(C)N2CC(C)CC(C)C2)cc1Cl. The highest BCUT2D eigenvalue weighted by Crippen LogP contribution is 2.28. The number of nitrogens with zero attached hydrogens (tertiary/aromatic N) is 1. The zero-order chi connectivity index (χ0) is 16.3. The summed E-state index contributed by atoms with van der Waals surface area (Å²) in [4.78, 5) is 14.7. The number of halogens is 1. The topological polar surface area (TPSA) is 41.6 Å². The van der Waals surface area contributed by atoms with E-state index in [1.165, 1.54) is 6.42 Å². The second-order valence-electron chi connectivity index (χ2n) is 6.41. The van der Waals surface area contributed by atoms with Crippen LogP contribution in [0.25, 0.3) is 0 Å². The maximum absolute atomic E-state index is 12.5. The Labute approximate surface area is 137 Å². The van der Waals surface area contributed by atoms with Gasteiger partial charge in [-0.1, -0.05) is 25.4 Å². The molecule has 1 amide bonds. The Morgan fingerprint density at radius 2 is 2.00 bits per heavy atom. The van der Waals surface area contributed by atoms with Gasteiger partial charge in [-0.3, -0.25) is 9.69 Å². The van der Waals surface area contributed by atoms with Crippen LogP contribution in [0, 0.1) is 11.8 Å². The molecular weight excluding hydrogens is 300 g/mol. The van der Waals surface area contributed by atoms with Gasteiger partial charge >= 0.3 is 0 Å². The van der Waals surface area contributed by atoms with Crippen LogP contribution in [0.5, 0.6) is 5.75 Å². The number of piperidine rings is 1. The molecule has 0 aromatic heterocycles. The van der Waals surface area contributed by atoms with Gasteiger partial charge in [0.25, 0.3) is 0 Å². The predicted octanol–water partition coefficient (Wildman–Crippen LogP) is 3.65. The van der Waals surface area contributed by atoms with Gasteiger partial charge in [0.1, 0.15) is 5.75 Å². The average molecular weight is 325 g/mol. The van der Waals surface area contributed by atoms with Crippen LogP contribution in [0.2, 0.25) is 5.02 Å². The lowest BCUT2D eigenvalue weighted by Gasteiger charge is -2.38. The van der Waals surface area contributed by atoms with Gasteiger partial charge in [0, 0.05) is 18.8 Å². The van der Waals surface area contributed by atoms with Crippen molar-refractivity contribution in [3.63, 3.8) is 0 Å². The molecule has 0 spiro atoms. The van der Waals surface area contributed by atoms with Crippen molar-refractivity contribution in [3.8, 4) is 5.75 Å². The number of hydrogen-bond acceptors (Lipinski definition) is 3. The third-order valence-electron chi connectivity index (χ3n) is 4.24. The van der Waals surface area contributed by atoms with E-state index in [1.807, 2.05) is 6.92 Å². The van der Waals surface area contributed by atoms with E-state index in [-0.39, 0.29) is 11.9 Å². The molecule has 22 heavy (non-hydrogen) atoms. The molecule has 1 saturated heterocycles. The molecule has 4 nitrogen and oxygen atoms in total. The largest absolute Gasteiger partial charge is 0.495 e. The maximum Gasteiger partial charge on any atom is 0.241 e. The summed E-state index contributed by atoms with van der Waals surface area (Å²) in [5, 5.41) is 3.43. The summed E-state index contributed by atoms with van der Waals surface area (Å²) in [6, 6.07) is 5.13. The van der Waals surface area contributed by atoms with E-state index in [1.54, 1.807) is 25.3 Å². The summed E-state index contributed by atoms with van der Waals surface area (Å²) in [7, 11) is 1.57. The van der Waals surface area contributed by atoms with E-state index in [2.05, 4.69) is 24.1 Å².